The van der Waals surface area contributed by atoms with Gasteiger partial charge < -0.3 is 5.32 Å². The molecule has 0 radical (unpaired) electrons. The highest BCUT2D eigenvalue weighted by molar-refractivity contribution is 7.88. The highest BCUT2D eigenvalue weighted by Crippen LogP contribution is 2.16. The molecule has 0 aliphatic carbocycles. The van der Waals surface area contributed by atoms with Crippen molar-refractivity contribution in [3.63, 3.8) is 0 Å². The number of sulfonamides is 1. The molecule has 0 atom stereocenters. The Labute approximate surface area is 139 Å². The van der Waals surface area contributed by atoms with Crippen molar-refractivity contribution in [3.05, 3.63) is 39.3 Å². The largest absolute Gasteiger partial charge is 0.346 e. The molecule has 0 spiro atoms. The fourth-order valence-corrected chi connectivity index (χ4v) is 3.97. The van der Waals surface area contributed by atoms with Crippen molar-refractivity contribution in [1.29, 1.82) is 0 Å². The summed E-state index contributed by atoms with van der Waals surface area (Å²) in [4.78, 5) is 13.1. The molecule has 1 aliphatic rings. The molecule has 3 rings (SSSR count). The second-order valence-electron chi connectivity index (χ2n) is 5.58. The minimum absolute atomic E-state index is 0.127. The Bertz CT molecular complexity index is 838. The Hall–Kier alpha value is -1.71. The third-order valence-corrected chi connectivity index (χ3v) is 5.82. The molecule has 1 aliphatic heterocycles. The summed E-state index contributed by atoms with van der Waals surface area (Å²) in [5.41, 5.74) is 2.23. The fourth-order valence-electron chi connectivity index (χ4n) is 2.51. The summed E-state index contributed by atoms with van der Waals surface area (Å²) < 4.78 is 26.5. The molecular weight excluding hydrogens is 336 g/mol. The summed E-state index contributed by atoms with van der Waals surface area (Å²) >= 11 is 1.54. The molecule has 124 valence electrons. The van der Waals surface area contributed by atoms with E-state index >= 15 is 0 Å². The van der Waals surface area contributed by atoms with E-state index in [4.69, 9.17) is 0 Å². The maximum absolute atomic E-state index is 12.0. The summed E-state index contributed by atoms with van der Waals surface area (Å²) in [6.07, 6.45) is 1.21. The molecule has 0 fully saturated rings. The smallest absolute Gasteiger partial charge is 0.252 e. The van der Waals surface area contributed by atoms with Gasteiger partial charge in [0.15, 0.2) is 0 Å². The summed E-state index contributed by atoms with van der Waals surface area (Å²) in [5, 5.41) is 9.09. The molecule has 0 unspecified atom stereocenters. The minimum atomic E-state index is -3.20. The molecule has 7 nitrogen and oxygen atoms in total. The van der Waals surface area contributed by atoms with Gasteiger partial charge in [0.25, 0.3) is 5.91 Å². The number of hydrogen-bond acceptors (Lipinski definition) is 5. The number of carbonyl (C=O) groups is 1. The van der Waals surface area contributed by atoms with Crippen LogP contribution in [-0.2, 0) is 29.7 Å². The van der Waals surface area contributed by atoms with Gasteiger partial charge in [0.1, 0.15) is 0 Å². The molecule has 0 saturated carbocycles. The third kappa shape index (κ3) is 3.62. The number of rotatable bonds is 4. The van der Waals surface area contributed by atoms with Gasteiger partial charge in [-0.25, -0.2) is 8.42 Å². The fraction of sp³-hybridized carbons (Fsp3) is 0.429. The zero-order chi connectivity index (χ0) is 16.6. The van der Waals surface area contributed by atoms with Crippen LogP contribution in [0.4, 0.5) is 0 Å². The third-order valence-electron chi connectivity index (χ3n) is 3.71. The molecular formula is C14H18N4O3S2. The number of aromatic nitrogens is 2. The first-order valence-corrected chi connectivity index (χ1v) is 9.90. The molecule has 0 saturated heterocycles. The van der Waals surface area contributed by atoms with Crippen LogP contribution < -0.4 is 5.32 Å². The zero-order valence-corrected chi connectivity index (χ0v) is 14.6. The molecule has 0 bridgehead atoms. The van der Waals surface area contributed by atoms with Crippen LogP contribution in [0.1, 0.15) is 26.6 Å². The molecule has 1 amide bonds. The first-order valence-electron chi connectivity index (χ1n) is 7.17. The van der Waals surface area contributed by atoms with E-state index in [1.807, 2.05) is 24.4 Å². The van der Waals surface area contributed by atoms with E-state index in [0.717, 1.165) is 16.3 Å². The molecule has 1 N–H and O–H groups in total. The van der Waals surface area contributed by atoms with E-state index in [1.54, 1.807) is 4.68 Å². The maximum Gasteiger partial charge on any atom is 0.252 e. The van der Waals surface area contributed by atoms with Gasteiger partial charge in [0, 0.05) is 16.8 Å². The molecule has 23 heavy (non-hydrogen) atoms. The Morgan fingerprint density at radius 3 is 2.83 bits per heavy atom. The molecule has 2 aromatic rings. The lowest BCUT2D eigenvalue weighted by Crippen LogP contribution is -2.37. The maximum atomic E-state index is 12.0. The van der Waals surface area contributed by atoms with Crippen LogP contribution in [0.5, 0.6) is 0 Å². The summed E-state index contributed by atoms with van der Waals surface area (Å²) in [7, 11) is -3.20. The van der Waals surface area contributed by atoms with Gasteiger partial charge in [0.2, 0.25) is 10.0 Å². The van der Waals surface area contributed by atoms with E-state index in [9.17, 15) is 13.2 Å². The van der Waals surface area contributed by atoms with E-state index in [0.29, 0.717) is 31.7 Å². The van der Waals surface area contributed by atoms with Crippen molar-refractivity contribution >= 4 is 27.3 Å². The molecule has 9 heteroatoms. The van der Waals surface area contributed by atoms with Gasteiger partial charge in [-0.05, 0) is 19.1 Å². The predicted molar refractivity (Wildman–Crippen MR) is 87.7 cm³/mol. The van der Waals surface area contributed by atoms with Gasteiger partial charge in [0.05, 0.1) is 42.8 Å². The van der Waals surface area contributed by atoms with Crippen molar-refractivity contribution in [2.75, 3.05) is 12.8 Å². The molecule has 0 aromatic carbocycles. The number of fused-ring (bicyclic) bond motifs is 1. The quantitative estimate of drug-likeness (QED) is 0.886. The highest BCUT2D eigenvalue weighted by Gasteiger charge is 2.24. The number of thiophene rings is 1. The number of amides is 1. The van der Waals surface area contributed by atoms with Crippen LogP contribution in [0, 0.1) is 6.92 Å². The first-order chi connectivity index (χ1) is 10.8. The Balaban J connectivity index is 1.65. The van der Waals surface area contributed by atoms with Crippen molar-refractivity contribution in [2.24, 2.45) is 0 Å². The zero-order valence-electron chi connectivity index (χ0n) is 12.9. The monoisotopic (exact) mass is 354 g/mol. The first kappa shape index (κ1) is 16.2. The Morgan fingerprint density at radius 2 is 2.17 bits per heavy atom. The minimum Gasteiger partial charge on any atom is -0.346 e. The normalized spacial score (nSPS) is 15.4. The van der Waals surface area contributed by atoms with E-state index in [-0.39, 0.29) is 5.91 Å². The SMILES string of the molecule is Cc1cc(C(=O)NCc2cc3n(n2)CCN(S(C)(=O)=O)C3)cs1. The van der Waals surface area contributed by atoms with Gasteiger partial charge in [-0.3, -0.25) is 9.48 Å². The topological polar surface area (TPSA) is 84.3 Å². The second kappa shape index (κ2) is 6.06. The Kier molecular flexibility index (Phi) is 4.26. The predicted octanol–water partition coefficient (Wildman–Crippen LogP) is 0.958. The van der Waals surface area contributed by atoms with Crippen molar-refractivity contribution in [3.8, 4) is 0 Å². The number of nitrogens with zero attached hydrogens (tertiary/aromatic N) is 3. The van der Waals surface area contributed by atoms with E-state index in [1.165, 1.54) is 21.9 Å². The van der Waals surface area contributed by atoms with Gasteiger partial charge in [-0.15, -0.1) is 11.3 Å². The van der Waals surface area contributed by atoms with Crippen LogP contribution in [0.15, 0.2) is 17.5 Å². The summed E-state index contributed by atoms with van der Waals surface area (Å²) in [6.45, 7) is 3.56. The van der Waals surface area contributed by atoms with Crippen LogP contribution in [0.3, 0.4) is 0 Å². The van der Waals surface area contributed by atoms with Crippen LogP contribution in [0.25, 0.3) is 0 Å². The molecule has 2 aromatic heterocycles. The van der Waals surface area contributed by atoms with E-state index < -0.39 is 10.0 Å². The van der Waals surface area contributed by atoms with Gasteiger partial charge in [-0.1, -0.05) is 0 Å². The van der Waals surface area contributed by atoms with Crippen molar-refractivity contribution in [1.82, 2.24) is 19.4 Å². The average Bonchev–Trinajstić information content (AvgIpc) is 3.08. The summed E-state index contributed by atoms with van der Waals surface area (Å²) in [5.74, 6) is -0.127. The van der Waals surface area contributed by atoms with Crippen molar-refractivity contribution < 1.29 is 13.2 Å². The van der Waals surface area contributed by atoms with Crippen LogP contribution >= 0.6 is 11.3 Å². The van der Waals surface area contributed by atoms with E-state index in [2.05, 4.69) is 10.4 Å². The highest BCUT2D eigenvalue weighted by atomic mass is 32.2. The number of carbonyl (C=O) groups excluding carboxylic acids is 1. The number of aryl methyl sites for hydroxylation is 1. The van der Waals surface area contributed by atoms with Crippen molar-refractivity contribution in [2.45, 2.75) is 26.6 Å². The van der Waals surface area contributed by atoms with Gasteiger partial charge >= 0.3 is 0 Å². The van der Waals surface area contributed by atoms with Gasteiger partial charge in [-0.2, -0.15) is 9.40 Å². The van der Waals surface area contributed by atoms with Crippen LogP contribution in [-0.4, -0.2) is 41.2 Å². The lowest BCUT2D eigenvalue weighted by Gasteiger charge is -2.25. The Morgan fingerprint density at radius 1 is 1.39 bits per heavy atom. The molecule has 3 heterocycles. The average molecular weight is 354 g/mol. The number of hydrogen-bond donors (Lipinski definition) is 1. The van der Waals surface area contributed by atoms with Crippen LogP contribution in [0.2, 0.25) is 0 Å². The number of nitrogens with one attached hydrogen (secondary N) is 1. The summed E-state index contributed by atoms with van der Waals surface area (Å²) in [6, 6.07) is 3.69. The lowest BCUT2D eigenvalue weighted by atomic mass is 10.3. The second-order valence-corrected chi connectivity index (χ2v) is 8.67. The standard InChI is InChI=1S/C14H18N4O3S2/c1-10-5-11(9-22-10)14(19)15-7-12-6-13-8-17(23(2,20)21)3-4-18(13)16-12/h5-6,9H,3-4,7-8H2,1-2H3,(H,15,19). The lowest BCUT2D eigenvalue weighted by molar-refractivity contribution is 0.0950.